The van der Waals surface area contributed by atoms with Crippen molar-refractivity contribution in [2.75, 3.05) is 20.3 Å². The zero-order valence-electron chi connectivity index (χ0n) is 18.7. The Kier molecular flexibility index (Phi) is 10.2. The molecule has 0 spiro atoms. The third-order valence-electron chi connectivity index (χ3n) is 5.53. The Morgan fingerprint density at radius 1 is 1.13 bits per heavy atom. The number of carbonyl (C=O) groups excluding carboxylic acids is 2. The molecule has 7 heteroatoms. The van der Waals surface area contributed by atoms with Crippen LogP contribution >= 0.6 is 11.6 Å². The van der Waals surface area contributed by atoms with Gasteiger partial charge >= 0.3 is 11.9 Å². The third kappa shape index (κ3) is 6.40. The van der Waals surface area contributed by atoms with Crippen molar-refractivity contribution >= 4 is 29.3 Å². The number of nitrogens with two attached hydrogens (primary N) is 1. The van der Waals surface area contributed by atoms with Gasteiger partial charge < -0.3 is 15.2 Å². The molecule has 31 heavy (non-hydrogen) atoms. The number of carbonyl (C=O) groups is 2. The van der Waals surface area contributed by atoms with Gasteiger partial charge in [-0.15, -0.1) is 0 Å². The molecule has 0 amide bonds. The Morgan fingerprint density at radius 3 is 2.45 bits per heavy atom. The Balaban J connectivity index is 2.48. The Labute approximate surface area is 189 Å². The van der Waals surface area contributed by atoms with Gasteiger partial charge in [0, 0.05) is 16.7 Å². The largest absolute Gasteiger partial charge is 0.468 e. The average Bonchev–Trinajstić information content (AvgIpc) is 2.75. The first-order chi connectivity index (χ1) is 15.0. The van der Waals surface area contributed by atoms with Gasteiger partial charge in [-0.1, -0.05) is 49.1 Å². The van der Waals surface area contributed by atoms with Gasteiger partial charge in [0.1, 0.15) is 5.92 Å². The lowest BCUT2D eigenvalue weighted by Crippen LogP contribution is -2.36. The number of benzene rings is 1. The van der Waals surface area contributed by atoms with Crippen LogP contribution in [0, 0.1) is 5.92 Å². The normalized spacial score (nSPS) is 18.5. The van der Waals surface area contributed by atoms with Crippen LogP contribution in [-0.2, 0) is 19.1 Å². The zero-order valence-corrected chi connectivity index (χ0v) is 19.4. The number of rotatable bonds is 11. The second-order valence-corrected chi connectivity index (χ2v) is 8.05. The molecule has 0 radical (unpaired) electrons. The fourth-order valence-electron chi connectivity index (χ4n) is 4.04. The number of halogens is 1. The van der Waals surface area contributed by atoms with Crippen molar-refractivity contribution < 1.29 is 19.1 Å². The van der Waals surface area contributed by atoms with E-state index in [-0.39, 0.29) is 6.61 Å². The zero-order chi connectivity index (χ0) is 22.8. The van der Waals surface area contributed by atoms with Gasteiger partial charge in [-0.05, 0) is 51.3 Å². The first-order valence-electron chi connectivity index (χ1n) is 10.9. The summed E-state index contributed by atoms with van der Waals surface area (Å²) < 4.78 is 10.4. The average molecular weight is 449 g/mol. The van der Waals surface area contributed by atoms with Crippen LogP contribution in [0.25, 0.3) is 0 Å². The van der Waals surface area contributed by atoms with Crippen LogP contribution in [0.15, 0.2) is 40.5 Å². The number of nitrogens with zero attached hydrogens (tertiary/aromatic N) is 1. The standard InChI is InChI=1S/C24H33ClN2O4/c1-4-31-24(29)22-19(14-8-6-5-7-11-15-26)27-16(2)20(23(28)30-3)21(22)17-12-9-10-13-18(17)25/h9-10,12-13,20-21H,4-8,11,14-15,26H2,1-3H3. The van der Waals surface area contributed by atoms with Gasteiger partial charge in [0.15, 0.2) is 0 Å². The van der Waals surface area contributed by atoms with Gasteiger partial charge in [-0.2, -0.15) is 0 Å². The minimum Gasteiger partial charge on any atom is -0.468 e. The maximum atomic E-state index is 13.1. The van der Waals surface area contributed by atoms with Crippen LogP contribution in [0.5, 0.6) is 0 Å². The Hall–Kier alpha value is -2.18. The number of hydrogen-bond acceptors (Lipinski definition) is 6. The predicted octanol–water partition coefficient (Wildman–Crippen LogP) is 4.80. The Morgan fingerprint density at radius 2 is 1.81 bits per heavy atom. The second-order valence-electron chi connectivity index (χ2n) is 7.64. The van der Waals surface area contributed by atoms with Crippen molar-refractivity contribution in [3.8, 4) is 0 Å². The number of methoxy groups -OCH3 is 1. The van der Waals surface area contributed by atoms with E-state index in [1.165, 1.54) is 7.11 Å². The molecule has 0 fully saturated rings. The van der Waals surface area contributed by atoms with Gasteiger partial charge in [0.2, 0.25) is 0 Å². The van der Waals surface area contributed by atoms with E-state index in [2.05, 4.69) is 4.99 Å². The summed E-state index contributed by atoms with van der Waals surface area (Å²) in [5, 5.41) is 0.485. The van der Waals surface area contributed by atoms with Crippen molar-refractivity contribution in [3.63, 3.8) is 0 Å². The SMILES string of the molecule is CCOC(=O)C1=C(CCCCCCCN)N=C(C)C(C(=O)OC)C1c1ccccc1Cl. The van der Waals surface area contributed by atoms with E-state index in [9.17, 15) is 9.59 Å². The molecule has 2 unspecified atom stereocenters. The van der Waals surface area contributed by atoms with Crippen LogP contribution in [0.3, 0.4) is 0 Å². The molecule has 6 nitrogen and oxygen atoms in total. The molecule has 0 aromatic heterocycles. The lowest BCUT2D eigenvalue weighted by Gasteiger charge is -2.32. The maximum Gasteiger partial charge on any atom is 0.336 e. The minimum absolute atomic E-state index is 0.232. The number of unbranched alkanes of at least 4 members (excludes halogenated alkanes) is 4. The van der Waals surface area contributed by atoms with Gasteiger partial charge in [0.05, 0.1) is 25.0 Å². The smallest absolute Gasteiger partial charge is 0.336 e. The van der Waals surface area contributed by atoms with Crippen molar-refractivity contribution in [1.82, 2.24) is 0 Å². The highest BCUT2D eigenvalue weighted by Gasteiger charge is 2.43. The fourth-order valence-corrected chi connectivity index (χ4v) is 4.29. The number of ether oxygens (including phenoxy) is 2. The Bertz CT molecular complexity index is 835. The number of hydrogen-bond donors (Lipinski definition) is 1. The van der Waals surface area contributed by atoms with Crippen molar-refractivity contribution in [3.05, 3.63) is 46.1 Å². The molecule has 1 aromatic carbocycles. The quantitative estimate of drug-likeness (QED) is 0.387. The van der Waals surface area contributed by atoms with E-state index in [1.807, 2.05) is 18.2 Å². The van der Waals surface area contributed by atoms with E-state index in [0.717, 1.165) is 32.1 Å². The molecule has 1 heterocycles. The highest BCUT2D eigenvalue weighted by atomic mass is 35.5. The van der Waals surface area contributed by atoms with Crippen LogP contribution in [0.1, 0.15) is 63.9 Å². The summed E-state index contributed by atoms with van der Waals surface area (Å²) in [6.07, 6.45) is 5.73. The molecule has 0 bridgehead atoms. The predicted molar refractivity (Wildman–Crippen MR) is 123 cm³/mol. The highest BCUT2D eigenvalue weighted by molar-refractivity contribution is 6.31. The van der Waals surface area contributed by atoms with E-state index in [1.54, 1.807) is 19.9 Å². The summed E-state index contributed by atoms with van der Waals surface area (Å²) in [5.74, 6) is -2.26. The summed E-state index contributed by atoms with van der Waals surface area (Å²) in [4.78, 5) is 30.5. The van der Waals surface area contributed by atoms with Crippen molar-refractivity contribution in [2.24, 2.45) is 16.6 Å². The number of esters is 2. The maximum absolute atomic E-state index is 13.1. The van der Waals surface area contributed by atoms with Crippen LogP contribution in [0.4, 0.5) is 0 Å². The van der Waals surface area contributed by atoms with Crippen LogP contribution in [-0.4, -0.2) is 37.9 Å². The van der Waals surface area contributed by atoms with Crippen LogP contribution in [0.2, 0.25) is 5.02 Å². The third-order valence-corrected chi connectivity index (χ3v) is 5.87. The minimum atomic E-state index is -0.738. The molecule has 0 saturated carbocycles. The molecule has 1 aliphatic rings. The molecular weight excluding hydrogens is 416 g/mol. The highest BCUT2D eigenvalue weighted by Crippen LogP contribution is 2.43. The molecule has 2 N–H and O–H groups in total. The summed E-state index contributed by atoms with van der Waals surface area (Å²) >= 11 is 6.51. The van der Waals surface area contributed by atoms with Gasteiger partial charge in [-0.25, -0.2) is 4.79 Å². The second kappa shape index (κ2) is 12.6. The first-order valence-corrected chi connectivity index (χ1v) is 11.3. The van der Waals surface area contributed by atoms with Crippen molar-refractivity contribution in [2.45, 2.75) is 58.3 Å². The fraction of sp³-hybridized carbons (Fsp3) is 0.542. The summed E-state index contributed by atoms with van der Waals surface area (Å²) in [7, 11) is 1.34. The lowest BCUT2D eigenvalue weighted by molar-refractivity contribution is -0.144. The molecule has 0 aliphatic carbocycles. The van der Waals surface area contributed by atoms with Gasteiger partial charge in [0.25, 0.3) is 0 Å². The lowest BCUT2D eigenvalue weighted by atomic mass is 9.75. The van der Waals surface area contributed by atoms with E-state index in [0.29, 0.717) is 40.5 Å². The summed E-state index contributed by atoms with van der Waals surface area (Å²) in [6, 6.07) is 7.26. The molecular formula is C24H33ClN2O4. The van der Waals surface area contributed by atoms with E-state index in [4.69, 9.17) is 26.8 Å². The molecule has 2 rings (SSSR count). The summed E-state index contributed by atoms with van der Waals surface area (Å²) in [5.41, 5.74) is 7.94. The van der Waals surface area contributed by atoms with E-state index < -0.39 is 23.8 Å². The van der Waals surface area contributed by atoms with Crippen LogP contribution < -0.4 is 5.73 Å². The molecule has 0 saturated heterocycles. The first kappa shape index (κ1) is 25.1. The molecule has 1 aromatic rings. The van der Waals surface area contributed by atoms with E-state index >= 15 is 0 Å². The number of allylic oxidation sites excluding steroid dienone is 1. The topological polar surface area (TPSA) is 91.0 Å². The molecule has 170 valence electrons. The molecule has 2 atom stereocenters. The monoisotopic (exact) mass is 448 g/mol. The summed E-state index contributed by atoms with van der Waals surface area (Å²) in [6.45, 7) is 4.50. The molecule has 1 aliphatic heterocycles. The number of aliphatic imine (C=N–C) groups is 1. The van der Waals surface area contributed by atoms with Gasteiger partial charge in [-0.3, -0.25) is 9.79 Å². The van der Waals surface area contributed by atoms with Crippen molar-refractivity contribution in [1.29, 1.82) is 0 Å².